The summed E-state index contributed by atoms with van der Waals surface area (Å²) in [6.07, 6.45) is 0.515. The molecule has 1 aliphatic heterocycles. The van der Waals surface area contributed by atoms with Gasteiger partial charge in [0.25, 0.3) is 11.1 Å². The second-order valence-corrected chi connectivity index (χ2v) is 4.54. The van der Waals surface area contributed by atoms with Gasteiger partial charge in [0.05, 0.1) is 10.8 Å². The van der Waals surface area contributed by atoms with Gasteiger partial charge < -0.3 is 0 Å². The fraction of sp³-hybridized carbons (Fsp3) is 0.308. The number of hydrogen-bond donors (Lipinski definition) is 0. The second kappa shape index (κ2) is 3.66. The highest BCUT2D eigenvalue weighted by atomic mass is 16.2. The van der Waals surface area contributed by atoms with Crippen molar-refractivity contribution in [3.8, 4) is 0 Å². The van der Waals surface area contributed by atoms with E-state index in [2.05, 4.69) is 0 Å². The van der Waals surface area contributed by atoms with Crippen LogP contribution in [0.15, 0.2) is 33.9 Å². The van der Waals surface area contributed by atoms with Crippen molar-refractivity contribution in [3.63, 3.8) is 0 Å². The Hall–Kier alpha value is -2.17. The maximum atomic E-state index is 12.3. The summed E-state index contributed by atoms with van der Waals surface area (Å²) in [6.45, 7) is 1.87. The van der Waals surface area contributed by atoms with Gasteiger partial charge in [0.2, 0.25) is 0 Å². The molecular formula is C13H12N2O3. The smallest absolute Gasteiger partial charge is 0.273 e. The standard InChI is InChI=1S/C13H12N2O3/c1-8(16)11-6-7-14-12(17)9-4-2-3-5-10(9)13(18)15(11)14/h2-5,11H,6-7H2,1H3. The fourth-order valence-corrected chi connectivity index (χ4v) is 2.59. The predicted molar refractivity (Wildman–Crippen MR) is 66.8 cm³/mol. The first-order valence-electron chi connectivity index (χ1n) is 5.86. The molecule has 2 aromatic rings. The van der Waals surface area contributed by atoms with Crippen molar-refractivity contribution in [1.82, 2.24) is 9.36 Å². The van der Waals surface area contributed by atoms with Gasteiger partial charge in [-0.05, 0) is 25.5 Å². The van der Waals surface area contributed by atoms with Gasteiger partial charge in [0, 0.05) is 6.54 Å². The molecule has 0 N–H and O–H groups in total. The van der Waals surface area contributed by atoms with E-state index in [9.17, 15) is 14.4 Å². The lowest BCUT2D eigenvalue weighted by molar-refractivity contribution is -0.120. The summed E-state index contributed by atoms with van der Waals surface area (Å²) < 4.78 is 2.70. The van der Waals surface area contributed by atoms with Gasteiger partial charge >= 0.3 is 0 Å². The summed E-state index contributed by atoms with van der Waals surface area (Å²) >= 11 is 0. The summed E-state index contributed by atoms with van der Waals surface area (Å²) in [4.78, 5) is 36.1. The topological polar surface area (TPSA) is 61.1 Å². The third kappa shape index (κ3) is 1.30. The van der Waals surface area contributed by atoms with Crippen molar-refractivity contribution in [2.45, 2.75) is 25.9 Å². The molecule has 1 unspecified atom stereocenters. The van der Waals surface area contributed by atoms with E-state index < -0.39 is 6.04 Å². The van der Waals surface area contributed by atoms with Crippen LogP contribution in [-0.2, 0) is 11.3 Å². The molecule has 0 bridgehead atoms. The fourth-order valence-electron chi connectivity index (χ4n) is 2.59. The van der Waals surface area contributed by atoms with Crippen molar-refractivity contribution >= 4 is 16.6 Å². The van der Waals surface area contributed by atoms with Crippen LogP contribution in [0.5, 0.6) is 0 Å². The predicted octanol–water partition coefficient (Wildman–Crippen LogP) is 0.697. The molecule has 0 saturated heterocycles. The van der Waals surface area contributed by atoms with Gasteiger partial charge in [0.1, 0.15) is 6.04 Å². The molecule has 0 aliphatic carbocycles. The third-order valence-electron chi connectivity index (χ3n) is 3.47. The quantitative estimate of drug-likeness (QED) is 0.741. The molecule has 1 atom stereocenters. The van der Waals surface area contributed by atoms with E-state index in [1.54, 1.807) is 24.3 Å². The Kier molecular flexibility index (Phi) is 2.23. The lowest BCUT2D eigenvalue weighted by atomic mass is 10.1. The summed E-state index contributed by atoms with van der Waals surface area (Å²) in [6, 6.07) is 6.22. The largest absolute Gasteiger partial charge is 0.298 e. The van der Waals surface area contributed by atoms with Gasteiger partial charge in [-0.2, -0.15) is 0 Å². The van der Waals surface area contributed by atoms with E-state index in [0.29, 0.717) is 23.7 Å². The third-order valence-corrected chi connectivity index (χ3v) is 3.47. The van der Waals surface area contributed by atoms with Crippen LogP contribution in [0.1, 0.15) is 19.4 Å². The highest BCUT2D eigenvalue weighted by molar-refractivity contribution is 5.83. The first-order chi connectivity index (χ1) is 8.61. The number of ketones is 1. The number of carbonyl (C=O) groups excluding carboxylic acids is 1. The number of Topliss-reactive ketones (excluding diaryl/α,β-unsaturated/α-hetero) is 1. The Bertz CT molecular complexity index is 770. The SMILES string of the molecule is CC(=O)C1CCn2c(=O)c3ccccc3c(=O)n21. The van der Waals surface area contributed by atoms with E-state index >= 15 is 0 Å². The Morgan fingerprint density at radius 1 is 1.17 bits per heavy atom. The molecule has 92 valence electrons. The average Bonchev–Trinajstić information content (AvgIpc) is 2.81. The first kappa shape index (κ1) is 11.0. The Morgan fingerprint density at radius 3 is 2.39 bits per heavy atom. The minimum absolute atomic E-state index is 0.0852. The summed E-state index contributed by atoms with van der Waals surface area (Å²) in [7, 11) is 0. The number of rotatable bonds is 1. The maximum absolute atomic E-state index is 12.3. The van der Waals surface area contributed by atoms with Crippen LogP contribution in [0, 0.1) is 0 Å². The number of carbonyl (C=O) groups is 1. The Balaban J connectivity index is 2.48. The molecule has 0 spiro atoms. The normalized spacial score (nSPS) is 17.9. The maximum Gasteiger partial charge on any atom is 0.273 e. The van der Waals surface area contributed by atoms with Crippen molar-refractivity contribution in [2.75, 3.05) is 0 Å². The molecule has 1 aromatic carbocycles. The highest BCUT2D eigenvalue weighted by Gasteiger charge is 2.28. The van der Waals surface area contributed by atoms with Crippen LogP contribution < -0.4 is 11.1 Å². The summed E-state index contributed by atoms with van der Waals surface area (Å²) in [5.74, 6) is -0.0852. The zero-order chi connectivity index (χ0) is 12.9. The van der Waals surface area contributed by atoms with Gasteiger partial charge in [-0.25, -0.2) is 9.36 Å². The summed E-state index contributed by atoms with van der Waals surface area (Å²) in [5.41, 5.74) is -0.461. The van der Waals surface area contributed by atoms with Gasteiger partial charge in [-0.1, -0.05) is 12.1 Å². The molecule has 2 heterocycles. The van der Waals surface area contributed by atoms with Crippen LogP contribution in [0.3, 0.4) is 0 Å². The van der Waals surface area contributed by atoms with Crippen molar-refractivity contribution in [1.29, 1.82) is 0 Å². The molecule has 18 heavy (non-hydrogen) atoms. The zero-order valence-corrected chi connectivity index (χ0v) is 9.92. The molecule has 3 rings (SSSR count). The minimum Gasteiger partial charge on any atom is -0.298 e. The van der Waals surface area contributed by atoms with E-state index in [1.165, 1.54) is 16.3 Å². The highest BCUT2D eigenvalue weighted by Crippen LogP contribution is 2.19. The lowest BCUT2D eigenvalue weighted by Gasteiger charge is -2.12. The number of aromatic nitrogens is 2. The molecule has 5 nitrogen and oxygen atoms in total. The number of hydrogen-bond acceptors (Lipinski definition) is 3. The average molecular weight is 244 g/mol. The molecule has 0 fully saturated rings. The molecule has 0 amide bonds. The van der Waals surface area contributed by atoms with Crippen LogP contribution in [-0.4, -0.2) is 15.1 Å². The molecule has 0 saturated carbocycles. The molecular weight excluding hydrogens is 232 g/mol. The van der Waals surface area contributed by atoms with Crippen molar-refractivity contribution in [2.24, 2.45) is 0 Å². The van der Waals surface area contributed by atoms with E-state index in [4.69, 9.17) is 0 Å². The van der Waals surface area contributed by atoms with Crippen molar-refractivity contribution in [3.05, 3.63) is 45.0 Å². The van der Waals surface area contributed by atoms with Crippen LogP contribution in [0.25, 0.3) is 10.8 Å². The summed E-state index contributed by atoms with van der Waals surface area (Å²) in [5, 5.41) is 0.801. The van der Waals surface area contributed by atoms with E-state index in [0.717, 1.165) is 0 Å². The number of benzene rings is 1. The van der Waals surface area contributed by atoms with E-state index in [-0.39, 0.29) is 16.9 Å². The van der Waals surface area contributed by atoms with Gasteiger partial charge in [-0.3, -0.25) is 14.4 Å². The minimum atomic E-state index is -0.505. The number of fused-ring (bicyclic) bond motifs is 2. The van der Waals surface area contributed by atoms with Crippen LogP contribution in [0.4, 0.5) is 0 Å². The monoisotopic (exact) mass is 244 g/mol. The van der Waals surface area contributed by atoms with E-state index in [1.807, 2.05) is 0 Å². The molecule has 1 aromatic heterocycles. The van der Waals surface area contributed by atoms with Crippen molar-refractivity contribution < 1.29 is 4.79 Å². The van der Waals surface area contributed by atoms with Crippen LogP contribution in [0.2, 0.25) is 0 Å². The van der Waals surface area contributed by atoms with Crippen LogP contribution >= 0.6 is 0 Å². The number of nitrogens with zero attached hydrogens (tertiary/aromatic N) is 2. The zero-order valence-electron chi connectivity index (χ0n) is 9.92. The Labute approximate surface area is 102 Å². The second-order valence-electron chi connectivity index (χ2n) is 4.54. The lowest BCUT2D eigenvalue weighted by Crippen LogP contribution is -2.37. The molecule has 0 radical (unpaired) electrons. The van der Waals surface area contributed by atoms with Gasteiger partial charge in [-0.15, -0.1) is 0 Å². The molecule has 1 aliphatic rings. The molecule has 5 heteroatoms. The first-order valence-corrected chi connectivity index (χ1v) is 5.86. The van der Waals surface area contributed by atoms with Gasteiger partial charge in [0.15, 0.2) is 5.78 Å². The Morgan fingerprint density at radius 2 is 1.78 bits per heavy atom.